The fraction of sp³-hybridized carbons (Fsp3) is 1.00. The standard InChI is InChI=1S/C15H30ClNO/c1-2-3-4-5-6-7-8-11-17-15(14-16)9-12-18-13-10-15/h17H,2-14H2,1H3. The van der Waals surface area contributed by atoms with Gasteiger partial charge in [0.2, 0.25) is 0 Å². The Morgan fingerprint density at radius 2 is 1.61 bits per heavy atom. The highest BCUT2D eigenvalue weighted by atomic mass is 35.5. The quantitative estimate of drug-likeness (QED) is 0.478. The molecule has 1 fully saturated rings. The molecule has 1 rings (SSSR count). The van der Waals surface area contributed by atoms with Crippen molar-refractivity contribution in [3.8, 4) is 0 Å². The SMILES string of the molecule is CCCCCCCCCNC1(CCl)CCOCC1. The molecule has 0 radical (unpaired) electrons. The van der Waals surface area contributed by atoms with Crippen LogP contribution in [0.5, 0.6) is 0 Å². The van der Waals surface area contributed by atoms with Gasteiger partial charge in [0.1, 0.15) is 0 Å². The van der Waals surface area contributed by atoms with Crippen LogP contribution in [0.1, 0.15) is 64.7 Å². The Balaban J connectivity index is 1.98. The van der Waals surface area contributed by atoms with Crippen molar-refractivity contribution < 1.29 is 4.74 Å². The zero-order valence-corrected chi connectivity index (χ0v) is 12.7. The van der Waals surface area contributed by atoms with Gasteiger partial charge in [-0.3, -0.25) is 0 Å². The topological polar surface area (TPSA) is 21.3 Å². The molecule has 1 aliphatic rings. The maximum atomic E-state index is 6.12. The Labute approximate surface area is 118 Å². The second-order valence-electron chi connectivity index (χ2n) is 5.57. The second-order valence-corrected chi connectivity index (χ2v) is 5.84. The highest BCUT2D eigenvalue weighted by Gasteiger charge is 2.30. The van der Waals surface area contributed by atoms with Crippen molar-refractivity contribution in [2.75, 3.05) is 25.6 Å². The van der Waals surface area contributed by atoms with Crippen LogP contribution < -0.4 is 5.32 Å². The van der Waals surface area contributed by atoms with Crippen LogP contribution in [-0.4, -0.2) is 31.2 Å². The van der Waals surface area contributed by atoms with Gasteiger partial charge in [-0.05, 0) is 25.8 Å². The summed E-state index contributed by atoms with van der Waals surface area (Å²) in [6, 6.07) is 0. The molecular formula is C15H30ClNO. The van der Waals surface area contributed by atoms with Crippen LogP contribution >= 0.6 is 11.6 Å². The Bertz CT molecular complexity index is 193. The summed E-state index contributed by atoms with van der Waals surface area (Å²) in [5.74, 6) is 0.715. The minimum absolute atomic E-state index is 0.155. The van der Waals surface area contributed by atoms with Gasteiger partial charge in [0, 0.05) is 24.6 Å². The van der Waals surface area contributed by atoms with Gasteiger partial charge < -0.3 is 10.1 Å². The lowest BCUT2D eigenvalue weighted by atomic mass is 9.92. The largest absolute Gasteiger partial charge is 0.381 e. The number of unbranched alkanes of at least 4 members (excludes halogenated alkanes) is 6. The summed E-state index contributed by atoms with van der Waals surface area (Å²) in [5.41, 5.74) is 0.155. The van der Waals surface area contributed by atoms with E-state index in [2.05, 4.69) is 12.2 Å². The van der Waals surface area contributed by atoms with Crippen molar-refractivity contribution in [2.45, 2.75) is 70.3 Å². The number of nitrogens with one attached hydrogen (secondary N) is 1. The maximum absolute atomic E-state index is 6.12. The fourth-order valence-electron chi connectivity index (χ4n) is 2.56. The van der Waals surface area contributed by atoms with Crippen LogP contribution in [0.2, 0.25) is 0 Å². The van der Waals surface area contributed by atoms with Gasteiger partial charge in [-0.15, -0.1) is 11.6 Å². The van der Waals surface area contributed by atoms with E-state index in [1.165, 1.54) is 44.9 Å². The molecule has 0 amide bonds. The van der Waals surface area contributed by atoms with Gasteiger partial charge in [-0.1, -0.05) is 45.4 Å². The van der Waals surface area contributed by atoms with Crippen LogP contribution in [0.4, 0.5) is 0 Å². The van der Waals surface area contributed by atoms with Crippen LogP contribution in [0, 0.1) is 0 Å². The highest BCUT2D eigenvalue weighted by Crippen LogP contribution is 2.22. The number of hydrogen-bond donors (Lipinski definition) is 1. The molecule has 3 heteroatoms. The average Bonchev–Trinajstić information content (AvgIpc) is 2.43. The first-order valence-electron chi connectivity index (χ1n) is 7.72. The second kappa shape index (κ2) is 10.1. The third kappa shape index (κ3) is 6.40. The first-order chi connectivity index (χ1) is 8.83. The van der Waals surface area contributed by atoms with Gasteiger partial charge in [0.15, 0.2) is 0 Å². The zero-order chi connectivity index (χ0) is 13.1. The van der Waals surface area contributed by atoms with E-state index < -0.39 is 0 Å². The molecule has 0 aromatic carbocycles. The number of halogens is 1. The molecule has 0 saturated carbocycles. The third-order valence-electron chi connectivity index (χ3n) is 3.99. The average molecular weight is 276 g/mol. The summed E-state index contributed by atoms with van der Waals surface area (Å²) >= 11 is 6.12. The first kappa shape index (κ1) is 16.3. The van der Waals surface area contributed by atoms with E-state index in [1.54, 1.807) is 0 Å². The molecule has 0 aromatic rings. The summed E-state index contributed by atoms with van der Waals surface area (Å²) in [6.07, 6.45) is 11.7. The van der Waals surface area contributed by atoms with Gasteiger partial charge in [-0.25, -0.2) is 0 Å². The van der Waals surface area contributed by atoms with Crippen molar-refractivity contribution in [3.05, 3.63) is 0 Å². The predicted octanol–water partition coefficient (Wildman–Crippen LogP) is 4.11. The molecular weight excluding hydrogens is 246 g/mol. The summed E-state index contributed by atoms with van der Waals surface area (Å²) < 4.78 is 5.41. The van der Waals surface area contributed by atoms with E-state index in [9.17, 15) is 0 Å². The maximum Gasteiger partial charge on any atom is 0.0484 e. The molecule has 0 aromatic heterocycles. The Morgan fingerprint density at radius 3 is 2.22 bits per heavy atom. The van der Waals surface area contributed by atoms with E-state index in [1.807, 2.05) is 0 Å². The number of hydrogen-bond acceptors (Lipinski definition) is 2. The molecule has 0 spiro atoms. The van der Waals surface area contributed by atoms with Crippen molar-refractivity contribution in [3.63, 3.8) is 0 Å². The summed E-state index contributed by atoms with van der Waals surface area (Å²) in [5, 5.41) is 3.67. The van der Waals surface area contributed by atoms with E-state index in [0.717, 1.165) is 32.6 Å². The molecule has 1 heterocycles. The minimum Gasteiger partial charge on any atom is -0.381 e. The molecule has 0 unspecified atom stereocenters. The number of alkyl halides is 1. The smallest absolute Gasteiger partial charge is 0.0484 e. The molecule has 1 aliphatic heterocycles. The third-order valence-corrected chi connectivity index (χ3v) is 4.50. The van der Waals surface area contributed by atoms with E-state index >= 15 is 0 Å². The van der Waals surface area contributed by atoms with Gasteiger partial charge in [-0.2, -0.15) is 0 Å². The predicted molar refractivity (Wildman–Crippen MR) is 79.5 cm³/mol. The van der Waals surface area contributed by atoms with Gasteiger partial charge in [0.05, 0.1) is 0 Å². The monoisotopic (exact) mass is 275 g/mol. The van der Waals surface area contributed by atoms with Crippen LogP contribution in [0.3, 0.4) is 0 Å². The molecule has 0 aliphatic carbocycles. The molecule has 2 nitrogen and oxygen atoms in total. The summed E-state index contributed by atoms with van der Waals surface area (Å²) in [7, 11) is 0. The zero-order valence-electron chi connectivity index (χ0n) is 12.0. The molecule has 18 heavy (non-hydrogen) atoms. The Kier molecular flexibility index (Phi) is 9.08. The van der Waals surface area contributed by atoms with E-state index in [0.29, 0.717) is 5.88 Å². The fourth-order valence-corrected chi connectivity index (χ4v) is 2.92. The molecule has 0 atom stereocenters. The van der Waals surface area contributed by atoms with Crippen molar-refractivity contribution in [1.29, 1.82) is 0 Å². The lowest BCUT2D eigenvalue weighted by molar-refractivity contribution is 0.0465. The molecule has 1 N–H and O–H groups in total. The van der Waals surface area contributed by atoms with Crippen molar-refractivity contribution in [2.24, 2.45) is 0 Å². The first-order valence-corrected chi connectivity index (χ1v) is 8.25. The highest BCUT2D eigenvalue weighted by molar-refractivity contribution is 6.18. The van der Waals surface area contributed by atoms with Crippen LogP contribution in [-0.2, 0) is 4.74 Å². The summed E-state index contributed by atoms with van der Waals surface area (Å²) in [4.78, 5) is 0. The Hall–Kier alpha value is 0.210. The molecule has 108 valence electrons. The van der Waals surface area contributed by atoms with Crippen LogP contribution in [0.15, 0.2) is 0 Å². The van der Waals surface area contributed by atoms with E-state index in [4.69, 9.17) is 16.3 Å². The lowest BCUT2D eigenvalue weighted by Crippen LogP contribution is -2.51. The number of ether oxygens (including phenoxy) is 1. The minimum atomic E-state index is 0.155. The van der Waals surface area contributed by atoms with Gasteiger partial charge in [0.25, 0.3) is 0 Å². The lowest BCUT2D eigenvalue weighted by Gasteiger charge is -2.36. The van der Waals surface area contributed by atoms with E-state index in [-0.39, 0.29) is 5.54 Å². The normalized spacial score (nSPS) is 19.0. The molecule has 1 saturated heterocycles. The molecule has 0 bridgehead atoms. The van der Waals surface area contributed by atoms with Gasteiger partial charge >= 0.3 is 0 Å². The van der Waals surface area contributed by atoms with Crippen molar-refractivity contribution >= 4 is 11.6 Å². The summed E-state index contributed by atoms with van der Waals surface area (Å²) in [6.45, 7) is 5.09. The van der Waals surface area contributed by atoms with Crippen LogP contribution in [0.25, 0.3) is 0 Å². The van der Waals surface area contributed by atoms with Crippen molar-refractivity contribution in [1.82, 2.24) is 5.32 Å². The number of rotatable bonds is 10. The Morgan fingerprint density at radius 1 is 1.00 bits per heavy atom.